The first-order valence-electron chi connectivity index (χ1n) is 11.3. The van der Waals surface area contributed by atoms with Crippen molar-refractivity contribution in [3.05, 3.63) is 132 Å². The van der Waals surface area contributed by atoms with Gasteiger partial charge in [-0.15, -0.1) is 0 Å². The summed E-state index contributed by atoms with van der Waals surface area (Å²) in [5, 5.41) is 6.73. The van der Waals surface area contributed by atoms with Gasteiger partial charge in [0.2, 0.25) is 0 Å². The van der Waals surface area contributed by atoms with Gasteiger partial charge in [0.25, 0.3) is 11.8 Å². The molecule has 0 atom stereocenters. The number of nitrogens with one attached hydrogen (secondary N) is 3. The van der Waals surface area contributed by atoms with Gasteiger partial charge in [-0.2, -0.15) is 0 Å². The minimum Gasteiger partial charge on any atom is -0.361 e. The topological polar surface area (TPSA) is 74.0 Å². The van der Waals surface area contributed by atoms with E-state index in [0.29, 0.717) is 11.3 Å². The van der Waals surface area contributed by atoms with Crippen LogP contribution in [0.3, 0.4) is 0 Å². The minimum absolute atomic E-state index is 0.151. The van der Waals surface area contributed by atoms with Crippen LogP contribution in [0.4, 0.5) is 5.69 Å². The highest BCUT2D eigenvalue weighted by Crippen LogP contribution is 2.21. The number of rotatable bonds is 6. The molecule has 0 saturated heterocycles. The Labute approximate surface area is 203 Å². The standard InChI is InChI=1S/C30H23N3O2/c34-29(25-9-5-2-6-10-25)33-28(30(35)32-26-16-15-24-17-18-31-27(24)20-26)19-21-11-13-23(14-12-21)22-7-3-1-4-8-22/h1-20,31H,(H,32,35)(H,33,34)/b28-19+. The molecule has 1 heterocycles. The SMILES string of the molecule is O=C(Nc1ccc2cc[nH]c2c1)/C(=C\c1ccc(-c2ccccc2)cc1)NC(=O)c1ccccc1. The number of carbonyl (C=O) groups is 2. The molecule has 170 valence electrons. The second-order valence-corrected chi connectivity index (χ2v) is 8.10. The number of carbonyl (C=O) groups excluding carboxylic acids is 2. The molecular weight excluding hydrogens is 434 g/mol. The van der Waals surface area contributed by atoms with E-state index in [1.165, 1.54) is 0 Å². The molecule has 0 bridgehead atoms. The van der Waals surface area contributed by atoms with Crippen molar-refractivity contribution in [2.75, 3.05) is 5.32 Å². The van der Waals surface area contributed by atoms with E-state index in [1.807, 2.05) is 91.1 Å². The third kappa shape index (κ3) is 5.20. The Kier molecular flexibility index (Phi) is 6.22. The molecule has 1 aromatic heterocycles. The number of hydrogen-bond acceptors (Lipinski definition) is 2. The summed E-state index contributed by atoms with van der Waals surface area (Å²) in [7, 11) is 0. The molecule has 0 unspecified atom stereocenters. The van der Waals surface area contributed by atoms with Crippen LogP contribution in [0, 0.1) is 0 Å². The predicted molar refractivity (Wildman–Crippen MR) is 141 cm³/mol. The number of fused-ring (bicyclic) bond motifs is 1. The van der Waals surface area contributed by atoms with Crippen molar-refractivity contribution < 1.29 is 9.59 Å². The molecule has 0 aliphatic carbocycles. The first-order valence-corrected chi connectivity index (χ1v) is 11.3. The summed E-state index contributed by atoms with van der Waals surface area (Å²) in [5.41, 5.74) is 5.14. The lowest BCUT2D eigenvalue weighted by Crippen LogP contribution is -2.30. The maximum Gasteiger partial charge on any atom is 0.272 e. The van der Waals surface area contributed by atoms with Crippen LogP contribution in [-0.2, 0) is 4.79 Å². The molecule has 0 fully saturated rings. The van der Waals surface area contributed by atoms with Crippen LogP contribution >= 0.6 is 0 Å². The lowest BCUT2D eigenvalue weighted by atomic mass is 10.0. The summed E-state index contributed by atoms with van der Waals surface area (Å²) in [5.74, 6) is -0.764. The number of aromatic amines is 1. The van der Waals surface area contributed by atoms with Gasteiger partial charge in [0.1, 0.15) is 5.70 Å². The molecule has 4 aromatic carbocycles. The van der Waals surface area contributed by atoms with Gasteiger partial charge in [0.05, 0.1) is 0 Å². The van der Waals surface area contributed by atoms with E-state index in [0.717, 1.165) is 27.6 Å². The Morgan fingerprint density at radius 2 is 1.40 bits per heavy atom. The Morgan fingerprint density at radius 3 is 2.14 bits per heavy atom. The average Bonchev–Trinajstić information content (AvgIpc) is 3.38. The molecule has 3 N–H and O–H groups in total. The van der Waals surface area contributed by atoms with Crippen LogP contribution in [0.15, 0.2) is 121 Å². The van der Waals surface area contributed by atoms with Crippen molar-refractivity contribution >= 4 is 34.5 Å². The molecule has 5 aromatic rings. The molecular formula is C30H23N3O2. The van der Waals surface area contributed by atoms with Crippen molar-refractivity contribution in [1.29, 1.82) is 0 Å². The zero-order chi connectivity index (χ0) is 24.0. The van der Waals surface area contributed by atoms with Gasteiger partial charge in [0, 0.05) is 23.0 Å². The highest BCUT2D eigenvalue weighted by Gasteiger charge is 2.15. The van der Waals surface area contributed by atoms with E-state index >= 15 is 0 Å². The quantitative estimate of drug-likeness (QED) is 0.264. The summed E-state index contributed by atoms with van der Waals surface area (Å²) >= 11 is 0. The number of H-pyrrole nitrogens is 1. The monoisotopic (exact) mass is 457 g/mol. The largest absolute Gasteiger partial charge is 0.361 e. The second kappa shape index (κ2) is 9.93. The third-order valence-electron chi connectivity index (χ3n) is 5.67. The average molecular weight is 458 g/mol. The molecule has 2 amide bonds. The van der Waals surface area contributed by atoms with Crippen LogP contribution in [0.1, 0.15) is 15.9 Å². The van der Waals surface area contributed by atoms with Gasteiger partial charge in [-0.25, -0.2) is 0 Å². The molecule has 5 heteroatoms. The summed E-state index contributed by atoms with van der Waals surface area (Å²) in [6.07, 6.45) is 3.53. The maximum atomic E-state index is 13.2. The van der Waals surface area contributed by atoms with E-state index in [-0.39, 0.29) is 11.6 Å². The maximum absolute atomic E-state index is 13.2. The number of benzene rings is 4. The van der Waals surface area contributed by atoms with Crippen molar-refractivity contribution in [2.45, 2.75) is 0 Å². The van der Waals surface area contributed by atoms with Gasteiger partial charge in [0.15, 0.2) is 0 Å². The first kappa shape index (κ1) is 21.9. The van der Waals surface area contributed by atoms with Gasteiger partial charge in [-0.3, -0.25) is 9.59 Å². The summed E-state index contributed by atoms with van der Waals surface area (Å²) in [6.45, 7) is 0. The molecule has 5 rings (SSSR count). The third-order valence-corrected chi connectivity index (χ3v) is 5.67. The van der Waals surface area contributed by atoms with Gasteiger partial charge < -0.3 is 15.6 Å². The van der Waals surface area contributed by atoms with Gasteiger partial charge in [-0.1, -0.05) is 78.9 Å². The number of hydrogen-bond donors (Lipinski definition) is 3. The lowest BCUT2D eigenvalue weighted by Gasteiger charge is -2.12. The molecule has 5 nitrogen and oxygen atoms in total. The molecule has 35 heavy (non-hydrogen) atoms. The van der Waals surface area contributed by atoms with Crippen molar-refractivity contribution in [3.8, 4) is 11.1 Å². The fourth-order valence-corrected chi connectivity index (χ4v) is 3.84. The van der Waals surface area contributed by atoms with Crippen LogP contribution < -0.4 is 10.6 Å². The molecule has 0 aliphatic rings. The zero-order valence-electron chi connectivity index (χ0n) is 18.9. The molecule has 0 saturated carbocycles. The molecule has 0 radical (unpaired) electrons. The number of aromatic nitrogens is 1. The van der Waals surface area contributed by atoms with Crippen LogP contribution in [0.2, 0.25) is 0 Å². The Bertz CT molecular complexity index is 1500. The number of amides is 2. The van der Waals surface area contributed by atoms with Gasteiger partial charge in [-0.05, 0) is 58.5 Å². The van der Waals surface area contributed by atoms with Crippen LogP contribution in [0.25, 0.3) is 28.1 Å². The minimum atomic E-state index is -0.410. The van der Waals surface area contributed by atoms with Crippen molar-refractivity contribution in [3.63, 3.8) is 0 Å². The predicted octanol–water partition coefficient (Wildman–Crippen LogP) is 6.24. The van der Waals surface area contributed by atoms with E-state index in [2.05, 4.69) is 15.6 Å². The fourth-order valence-electron chi connectivity index (χ4n) is 3.84. The normalized spacial score (nSPS) is 11.3. The summed E-state index contributed by atoms with van der Waals surface area (Å²) in [6, 6.07) is 34.3. The fraction of sp³-hybridized carbons (Fsp3) is 0. The van der Waals surface area contributed by atoms with E-state index < -0.39 is 5.91 Å². The Balaban J connectivity index is 1.43. The van der Waals surface area contributed by atoms with E-state index in [4.69, 9.17) is 0 Å². The van der Waals surface area contributed by atoms with Crippen LogP contribution in [-0.4, -0.2) is 16.8 Å². The zero-order valence-corrected chi connectivity index (χ0v) is 18.9. The Morgan fingerprint density at radius 1 is 0.714 bits per heavy atom. The van der Waals surface area contributed by atoms with Gasteiger partial charge >= 0.3 is 0 Å². The highest BCUT2D eigenvalue weighted by atomic mass is 16.2. The van der Waals surface area contributed by atoms with Crippen molar-refractivity contribution in [1.82, 2.24) is 10.3 Å². The van der Waals surface area contributed by atoms with Crippen LogP contribution in [0.5, 0.6) is 0 Å². The number of anilines is 1. The lowest BCUT2D eigenvalue weighted by molar-refractivity contribution is -0.113. The smallest absolute Gasteiger partial charge is 0.272 e. The van der Waals surface area contributed by atoms with E-state index in [1.54, 1.807) is 30.3 Å². The second-order valence-electron chi connectivity index (χ2n) is 8.10. The molecule has 0 aliphatic heterocycles. The summed E-state index contributed by atoms with van der Waals surface area (Å²) in [4.78, 5) is 29.2. The van der Waals surface area contributed by atoms with Crippen molar-refractivity contribution in [2.24, 2.45) is 0 Å². The summed E-state index contributed by atoms with van der Waals surface area (Å²) < 4.78 is 0. The highest BCUT2D eigenvalue weighted by molar-refractivity contribution is 6.11. The first-order chi connectivity index (χ1) is 17.2. The Hall–Kier alpha value is -4.90. The van der Waals surface area contributed by atoms with E-state index in [9.17, 15) is 9.59 Å². The molecule has 0 spiro atoms.